The molecule has 0 radical (unpaired) electrons. The molecule has 20 heavy (non-hydrogen) atoms. The third-order valence-electron chi connectivity index (χ3n) is 2.86. The van der Waals surface area contributed by atoms with Gasteiger partial charge in [0.2, 0.25) is 0 Å². The number of halogens is 2. The third kappa shape index (κ3) is 3.42. The van der Waals surface area contributed by atoms with Crippen LogP contribution < -0.4 is 0 Å². The van der Waals surface area contributed by atoms with Crippen LogP contribution in [0.1, 0.15) is 21.7 Å². The predicted molar refractivity (Wildman–Crippen MR) is 78.9 cm³/mol. The lowest BCUT2D eigenvalue weighted by Crippen LogP contribution is -2.26. The molecule has 0 N–H and O–H groups in total. The fourth-order valence-corrected chi connectivity index (χ4v) is 2.23. The summed E-state index contributed by atoms with van der Waals surface area (Å²) in [5.41, 5.74) is 2.17. The fourth-order valence-electron chi connectivity index (χ4n) is 1.85. The summed E-state index contributed by atoms with van der Waals surface area (Å²) in [5.74, 6) is -0.557. The number of aromatic nitrogens is 1. The van der Waals surface area contributed by atoms with Crippen molar-refractivity contribution >= 4 is 21.8 Å². The van der Waals surface area contributed by atoms with E-state index in [-0.39, 0.29) is 16.2 Å². The highest BCUT2D eigenvalue weighted by Crippen LogP contribution is 2.18. The monoisotopic (exact) mass is 336 g/mol. The molecule has 0 aliphatic carbocycles. The number of amides is 1. The zero-order valence-corrected chi connectivity index (χ0v) is 12.8. The molecule has 1 aromatic heterocycles. The molecule has 2 aromatic rings. The zero-order chi connectivity index (χ0) is 14.7. The highest BCUT2D eigenvalue weighted by molar-refractivity contribution is 9.10. The number of hydrogen-bond acceptors (Lipinski definition) is 2. The van der Waals surface area contributed by atoms with Gasteiger partial charge in [0.05, 0.1) is 16.7 Å². The average Bonchev–Trinajstić information content (AvgIpc) is 2.41. The van der Waals surface area contributed by atoms with Crippen molar-refractivity contribution in [3.63, 3.8) is 0 Å². The van der Waals surface area contributed by atoms with Crippen LogP contribution in [-0.2, 0) is 6.54 Å². The van der Waals surface area contributed by atoms with Gasteiger partial charge in [-0.2, -0.15) is 0 Å². The summed E-state index contributed by atoms with van der Waals surface area (Å²) >= 11 is 3.08. The second-order valence-electron chi connectivity index (χ2n) is 4.56. The first kappa shape index (κ1) is 14.7. The zero-order valence-electron chi connectivity index (χ0n) is 11.2. The highest BCUT2D eigenvalue weighted by atomic mass is 79.9. The van der Waals surface area contributed by atoms with E-state index >= 15 is 0 Å². The van der Waals surface area contributed by atoms with E-state index in [0.717, 1.165) is 11.4 Å². The van der Waals surface area contributed by atoms with E-state index in [9.17, 15) is 9.18 Å². The SMILES string of the molecule is Cc1cccc(CN(C)C(=O)c2ccc(F)c(Br)c2)n1. The van der Waals surface area contributed by atoms with Gasteiger partial charge in [-0.15, -0.1) is 0 Å². The Labute approximate surface area is 125 Å². The third-order valence-corrected chi connectivity index (χ3v) is 3.47. The van der Waals surface area contributed by atoms with Crippen LogP contribution in [0.15, 0.2) is 40.9 Å². The van der Waals surface area contributed by atoms with Crippen molar-refractivity contribution in [2.75, 3.05) is 7.05 Å². The number of nitrogens with zero attached hydrogens (tertiary/aromatic N) is 2. The molecule has 0 aliphatic rings. The normalized spacial score (nSPS) is 10.4. The van der Waals surface area contributed by atoms with Crippen molar-refractivity contribution in [1.29, 1.82) is 0 Å². The molecule has 5 heteroatoms. The minimum atomic E-state index is -0.385. The van der Waals surface area contributed by atoms with Crippen molar-refractivity contribution in [2.24, 2.45) is 0 Å². The van der Waals surface area contributed by atoms with Gasteiger partial charge in [-0.1, -0.05) is 6.07 Å². The summed E-state index contributed by atoms with van der Waals surface area (Å²) in [5, 5.41) is 0. The second kappa shape index (κ2) is 6.13. The van der Waals surface area contributed by atoms with Crippen molar-refractivity contribution in [1.82, 2.24) is 9.88 Å². The Morgan fingerprint density at radius 3 is 2.75 bits per heavy atom. The van der Waals surface area contributed by atoms with Gasteiger partial charge in [-0.05, 0) is 53.2 Å². The molecule has 0 spiro atoms. The van der Waals surface area contributed by atoms with Crippen LogP contribution in [0, 0.1) is 12.7 Å². The summed E-state index contributed by atoms with van der Waals surface area (Å²) in [7, 11) is 1.70. The molecule has 0 aliphatic heterocycles. The van der Waals surface area contributed by atoms with E-state index in [1.807, 2.05) is 25.1 Å². The van der Waals surface area contributed by atoms with E-state index in [1.165, 1.54) is 18.2 Å². The maximum absolute atomic E-state index is 13.2. The van der Waals surface area contributed by atoms with Crippen LogP contribution in [0.5, 0.6) is 0 Å². The first-order valence-electron chi connectivity index (χ1n) is 6.10. The van der Waals surface area contributed by atoms with Gasteiger partial charge in [-0.3, -0.25) is 9.78 Å². The van der Waals surface area contributed by atoms with E-state index < -0.39 is 0 Å². The number of benzene rings is 1. The number of hydrogen-bond donors (Lipinski definition) is 0. The summed E-state index contributed by atoms with van der Waals surface area (Å²) in [6, 6.07) is 9.92. The van der Waals surface area contributed by atoms with Crippen LogP contribution in [0.25, 0.3) is 0 Å². The molecule has 2 rings (SSSR count). The molecular formula is C15H14BrFN2O. The molecule has 3 nitrogen and oxygen atoms in total. The van der Waals surface area contributed by atoms with Crippen LogP contribution in [-0.4, -0.2) is 22.8 Å². The average molecular weight is 337 g/mol. The second-order valence-corrected chi connectivity index (χ2v) is 5.41. The highest BCUT2D eigenvalue weighted by Gasteiger charge is 2.14. The van der Waals surface area contributed by atoms with Crippen molar-refractivity contribution in [2.45, 2.75) is 13.5 Å². The van der Waals surface area contributed by atoms with Gasteiger partial charge < -0.3 is 4.90 Å². The largest absolute Gasteiger partial charge is 0.336 e. The minimum absolute atomic E-state index is 0.172. The first-order valence-corrected chi connectivity index (χ1v) is 6.89. The number of aryl methyl sites for hydroxylation is 1. The summed E-state index contributed by atoms with van der Waals surface area (Å²) in [4.78, 5) is 18.2. The molecule has 0 bridgehead atoms. The Kier molecular flexibility index (Phi) is 4.49. The quantitative estimate of drug-likeness (QED) is 0.858. The summed E-state index contributed by atoms with van der Waals surface area (Å²) < 4.78 is 13.5. The van der Waals surface area contributed by atoms with Crippen LogP contribution in [0.2, 0.25) is 0 Å². The van der Waals surface area contributed by atoms with Gasteiger partial charge in [0.25, 0.3) is 5.91 Å². The van der Waals surface area contributed by atoms with E-state index in [0.29, 0.717) is 12.1 Å². The Bertz CT molecular complexity index is 646. The Morgan fingerprint density at radius 1 is 1.35 bits per heavy atom. The maximum Gasteiger partial charge on any atom is 0.253 e. The molecule has 104 valence electrons. The number of rotatable bonds is 3. The van der Waals surface area contributed by atoms with Gasteiger partial charge >= 0.3 is 0 Å². The van der Waals surface area contributed by atoms with Crippen LogP contribution in [0.4, 0.5) is 4.39 Å². The Balaban J connectivity index is 2.14. The van der Waals surface area contributed by atoms with Crippen LogP contribution >= 0.6 is 15.9 Å². The first-order chi connectivity index (χ1) is 9.47. The molecule has 1 aromatic carbocycles. The number of carbonyl (C=O) groups excluding carboxylic acids is 1. The standard InChI is InChI=1S/C15H14BrFN2O/c1-10-4-3-5-12(18-10)9-19(2)15(20)11-6-7-14(17)13(16)8-11/h3-8H,9H2,1-2H3. The van der Waals surface area contributed by atoms with E-state index in [1.54, 1.807) is 11.9 Å². The van der Waals surface area contributed by atoms with E-state index in [2.05, 4.69) is 20.9 Å². The molecule has 0 saturated heterocycles. The molecule has 0 fully saturated rings. The lowest BCUT2D eigenvalue weighted by Gasteiger charge is -2.17. The van der Waals surface area contributed by atoms with Gasteiger partial charge in [0.1, 0.15) is 5.82 Å². The molecule has 1 amide bonds. The van der Waals surface area contributed by atoms with E-state index in [4.69, 9.17) is 0 Å². The van der Waals surface area contributed by atoms with Crippen LogP contribution in [0.3, 0.4) is 0 Å². The lowest BCUT2D eigenvalue weighted by atomic mass is 10.2. The van der Waals surface area contributed by atoms with Gasteiger partial charge in [0, 0.05) is 18.3 Å². The van der Waals surface area contributed by atoms with Gasteiger partial charge in [0.15, 0.2) is 0 Å². The van der Waals surface area contributed by atoms with Crippen molar-refractivity contribution < 1.29 is 9.18 Å². The molecule has 0 saturated carbocycles. The maximum atomic E-state index is 13.2. The Morgan fingerprint density at radius 2 is 2.10 bits per heavy atom. The smallest absolute Gasteiger partial charge is 0.253 e. The molecule has 1 heterocycles. The van der Waals surface area contributed by atoms with Crippen molar-refractivity contribution in [3.8, 4) is 0 Å². The molecular weight excluding hydrogens is 323 g/mol. The Hall–Kier alpha value is -1.75. The molecule has 0 unspecified atom stereocenters. The number of pyridine rings is 1. The minimum Gasteiger partial charge on any atom is -0.336 e. The lowest BCUT2D eigenvalue weighted by molar-refractivity contribution is 0.0783. The molecule has 0 atom stereocenters. The number of carbonyl (C=O) groups is 1. The van der Waals surface area contributed by atoms with Crippen molar-refractivity contribution in [3.05, 3.63) is 63.6 Å². The topological polar surface area (TPSA) is 33.2 Å². The summed E-state index contributed by atoms with van der Waals surface area (Å²) in [6.07, 6.45) is 0. The predicted octanol–water partition coefficient (Wildman–Crippen LogP) is 3.56. The fraction of sp³-hybridized carbons (Fsp3) is 0.200. The van der Waals surface area contributed by atoms with Gasteiger partial charge in [-0.25, -0.2) is 4.39 Å². The summed E-state index contributed by atoms with van der Waals surface area (Å²) in [6.45, 7) is 2.32.